The SMILES string of the molecule is Cc1cc2ccccc2n1CC(=O)Nc1ccccc1CN(C)C. The van der Waals surface area contributed by atoms with Gasteiger partial charge in [0.1, 0.15) is 6.54 Å². The summed E-state index contributed by atoms with van der Waals surface area (Å²) in [4.78, 5) is 14.7. The second-order valence-electron chi connectivity index (χ2n) is 6.37. The van der Waals surface area contributed by atoms with Gasteiger partial charge in [0.15, 0.2) is 0 Å². The number of carbonyl (C=O) groups is 1. The number of anilines is 1. The van der Waals surface area contributed by atoms with E-state index in [-0.39, 0.29) is 5.91 Å². The molecule has 0 aliphatic heterocycles. The van der Waals surface area contributed by atoms with Gasteiger partial charge in [-0.1, -0.05) is 36.4 Å². The molecule has 24 heavy (non-hydrogen) atoms. The molecular weight excluding hydrogens is 298 g/mol. The minimum absolute atomic E-state index is 0.00865. The van der Waals surface area contributed by atoms with Crippen LogP contribution in [-0.2, 0) is 17.9 Å². The van der Waals surface area contributed by atoms with E-state index >= 15 is 0 Å². The predicted octanol–water partition coefficient (Wildman–Crippen LogP) is 3.65. The summed E-state index contributed by atoms with van der Waals surface area (Å²) in [5, 5.41) is 4.22. The van der Waals surface area contributed by atoms with E-state index in [0.29, 0.717) is 6.54 Å². The molecule has 0 atom stereocenters. The molecule has 1 amide bonds. The minimum atomic E-state index is -0.00865. The quantitative estimate of drug-likeness (QED) is 0.779. The van der Waals surface area contributed by atoms with Crippen molar-refractivity contribution in [2.75, 3.05) is 19.4 Å². The number of aryl methyl sites for hydroxylation is 1. The van der Waals surface area contributed by atoms with Crippen LogP contribution in [0.15, 0.2) is 54.6 Å². The Morgan fingerprint density at radius 1 is 1.08 bits per heavy atom. The first-order valence-corrected chi connectivity index (χ1v) is 8.12. The number of amides is 1. The van der Waals surface area contributed by atoms with Gasteiger partial charge in [-0.3, -0.25) is 4.79 Å². The molecule has 124 valence electrons. The number of benzene rings is 2. The third kappa shape index (κ3) is 3.49. The number of para-hydroxylation sites is 2. The first kappa shape index (κ1) is 16.3. The molecule has 2 aromatic carbocycles. The molecule has 0 bridgehead atoms. The first-order chi connectivity index (χ1) is 11.5. The van der Waals surface area contributed by atoms with Crippen molar-refractivity contribution in [2.45, 2.75) is 20.0 Å². The van der Waals surface area contributed by atoms with Gasteiger partial charge in [0.25, 0.3) is 0 Å². The first-order valence-electron chi connectivity index (χ1n) is 8.12. The zero-order valence-corrected chi connectivity index (χ0v) is 14.4. The standard InChI is InChI=1S/C20H23N3O/c1-15-12-16-8-5-7-11-19(16)23(15)14-20(24)21-18-10-6-4-9-17(18)13-22(2)3/h4-12H,13-14H2,1-3H3,(H,21,24). The summed E-state index contributed by atoms with van der Waals surface area (Å²) in [6.07, 6.45) is 0. The Morgan fingerprint density at radius 3 is 2.58 bits per heavy atom. The Bertz CT molecular complexity index is 864. The van der Waals surface area contributed by atoms with Crippen molar-refractivity contribution in [2.24, 2.45) is 0 Å². The molecule has 4 nitrogen and oxygen atoms in total. The number of nitrogens with zero attached hydrogens (tertiary/aromatic N) is 2. The van der Waals surface area contributed by atoms with Gasteiger partial charge in [0.05, 0.1) is 0 Å². The molecule has 0 radical (unpaired) electrons. The summed E-state index contributed by atoms with van der Waals surface area (Å²) in [5.41, 5.74) is 4.18. The highest BCUT2D eigenvalue weighted by Gasteiger charge is 2.11. The molecule has 0 unspecified atom stereocenters. The third-order valence-electron chi connectivity index (χ3n) is 4.10. The third-order valence-corrected chi connectivity index (χ3v) is 4.10. The monoisotopic (exact) mass is 321 g/mol. The highest BCUT2D eigenvalue weighted by atomic mass is 16.1. The number of aromatic nitrogens is 1. The molecule has 0 spiro atoms. The van der Waals surface area contributed by atoms with Gasteiger partial charge in [0.2, 0.25) is 5.91 Å². The Hall–Kier alpha value is -2.59. The number of fused-ring (bicyclic) bond motifs is 1. The van der Waals surface area contributed by atoms with Crippen LogP contribution in [0.3, 0.4) is 0 Å². The maximum absolute atomic E-state index is 12.6. The molecule has 0 saturated carbocycles. The van der Waals surface area contributed by atoms with E-state index < -0.39 is 0 Å². The molecule has 1 aromatic heterocycles. The van der Waals surface area contributed by atoms with Crippen molar-refractivity contribution in [3.05, 3.63) is 65.9 Å². The van der Waals surface area contributed by atoms with Crippen LogP contribution < -0.4 is 5.32 Å². The Labute approximate surface area is 142 Å². The van der Waals surface area contributed by atoms with E-state index in [1.807, 2.05) is 57.4 Å². The molecule has 0 aliphatic rings. The van der Waals surface area contributed by atoms with Gasteiger partial charge in [0, 0.05) is 23.4 Å². The smallest absolute Gasteiger partial charge is 0.244 e. The van der Waals surface area contributed by atoms with Crippen molar-refractivity contribution in [1.82, 2.24) is 9.47 Å². The van der Waals surface area contributed by atoms with E-state index in [0.717, 1.165) is 34.4 Å². The molecule has 0 fully saturated rings. The van der Waals surface area contributed by atoms with Crippen molar-refractivity contribution in [1.29, 1.82) is 0 Å². The van der Waals surface area contributed by atoms with Crippen LogP contribution in [-0.4, -0.2) is 29.5 Å². The number of nitrogens with one attached hydrogen (secondary N) is 1. The topological polar surface area (TPSA) is 37.3 Å². The highest BCUT2D eigenvalue weighted by Crippen LogP contribution is 2.20. The summed E-state index contributed by atoms with van der Waals surface area (Å²) in [6, 6.07) is 18.2. The Balaban J connectivity index is 1.80. The fourth-order valence-electron chi connectivity index (χ4n) is 3.01. The van der Waals surface area contributed by atoms with E-state index in [1.54, 1.807) is 0 Å². The molecule has 0 saturated heterocycles. The van der Waals surface area contributed by atoms with Crippen LogP contribution in [0, 0.1) is 6.92 Å². The lowest BCUT2D eigenvalue weighted by Gasteiger charge is -2.15. The van der Waals surface area contributed by atoms with Gasteiger partial charge in [-0.2, -0.15) is 0 Å². The summed E-state index contributed by atoms with van der Waals surface area (Å²) in [7, 11) is 4.04. The average Bonchev–Trinajstić information content (AvgIpc) is 2.85. The Kier molecular flexibility index (Phi) is 4.67. The van der Waals surface area contributed by atoms with Gasteiger partial charge in [-0.15, -0.1) is 0 Å². The largest absolute Gasteiger partial charge is 0.335 e. The lowest BCUT2D eigenvalue weighted by Crippen LogP contribution is -2.21. The number of rotatable bonds is 5. The lowest BCUT2D eigenvalue weighted by molar-refractivity contribution is -0.116. The van der Waals surface area contributed by atoms with Gasteiger partial charge in [-0.05, 0) is 50.2 Å². The molecule has 4 heteroatoms. The van der Waals surface area contributed by atoms with Crippen LogP contribution in [0.5, 0.6) is 0 Å². The second kappa shape index (κ2) is 6.89. The highest BCUT2D eigenvalue weighted by molar-refractivity contribution is 5.93. The molecule has 1 N–H and O–H groups in total. The van der Waals surface area contributed by atoms with Crippen LogP contribution in [0.25, 0.3) is 10.9 Å². The summed E-state index contributed by atoms with van der Waals surface area (Å²) in [5.74, 6) is -0.00865. The molecule has 1 heterocycles. The van der Waals surface area contributed by atoms with Crippen LogP contribution in [0.1, 0.15) is 11.3 Å². The van der Waals surface area contributed by atoms with Crippen LogP contribution in [0.2, 0.25) is 0 Å². The van der Waals surface area contributed by atoms with E-state index in [9.17, 15) is 4.79 Å². The van der Waals surface area contributed by atoms with Crippen LogP contribution >= 0.6 is 0 Å². The number of carbonyl (C=O) groups excluding carboxylic acids is 1. The maximum atomic E-state index is 12.6. The Morgan fingerprint density at radius 2 is 1.79 bits per heavy atom. The van der Waals surface area contributed by atoms with E-state index in [2.05, 4.69) is 33.0 Å². The molecule has 0 aliphatic carbocycles. The van der Waals surface area contributed by atoms with Crippen molar-refractivity contribution in [3.63, 3.8) is 0 Å². The molecule has 3 rings (SSSR count). The summed E-state index contributed by atoms with van der Waals surface area (Å²) >= 11 is 0. The lowest BCUT2D eigenvalue weighted by atomic mass is 10.1. The number of hydrogen-bond acceptors (Lipinski definition) is 2. The minimum Gasteiger partial charge on any atom is -0.335 e. The zero-order chi connectivity index (χ0) is 17.1. The fraction of sp³-hybridized carbons (Fsp3) is 0.250. The van der Waals surface area contributed by atoms with Crippen LogP contribution in [0.4, 0.5) is 5.69 Å². The van der Waals surface area contributed by atoms with Crippen molar-refractivity contribution < 1.29 is 4.79 Å². The molecular formula is C20H23N3O. The normalized spacial score (nSPS) is 11.2. The van der Waals surface area contributed by atoms with Crippen molar-refractivity contribution >= 4 is 22.5 Å². The summed E-state index contributed by atoms with van der Waals surface area (Å²) < 4.78 is 2.05. The predicted molar refractivity (Wildman–Crippen MR) is 99.1 cm³/mol. The fourth-order valence-corrected chi connectivity index (χ4v) is 3.01. The van der Waals surface area contributed by atoms with Gasteiger partial charge < -0.3 is 14.8 Å². The summed E-state index contributed by atoms with van der Waals surface area (Å²) in [6.45, 7) is 3.14. The average molecular weight is 321 g/mol. The van der Waals surface area contributed by atoms with Gasteiger partial charge in [-0.25, -0.2) is 0 Å². The number of hydrogen-bond donors (Lipinski definition) is 1. The van der Waals surface area contributed by atoms with Crippen molar-refractivity contribution in [3.8, 4) is 0 Å². The van der Waals surface area contributed by atoms with E-state index in [4.69, 9.17) is 0 Å². The van der Waals surface area contributed by atoms with E-state index in [1.165, 1.54) is 0 Å². The second-order valence-corrected chi connectivity index (χ2v) is 6.37. The zero-order valence-electron chi connectivity index (χ0n) is 14.4. The molecule has 3 aromatic rings. The van der Waals surface area contributed by atoms with Gasteiger partial charge >= 0.3 is 0 Å². The maximum Gasteiger partial charge on any atom is 0.244 e.